The van der Waals surface area contributed by atoms with Crippen molar-refractivity contribution in [3.05, 3.63) is 0 Å². The van der Waals surface area contributed by atoms with Crippen LogP contribution in [0.15, 0.2) is 0 Å². The van der Waals surface area contributed by atoms with E-state index in [1.165, 1.54) is 205 Å². The van der Waals surface area contributed by atoms with Crippen molar-refractivity contribution in [2.75, 3.05) is 11.5 Å². The van der Waals surface area contributed by atoms with E-state index in [2.05, 4.69) is 13.8 Å². The minimum Gasteiger partial charge on any atom is -0.772 e. The van der Waals surface area contributed by atoms with Crippen LogP contribution >= 0.6 is 0 Å². The van der Waals surface area contributed by atoms with Gasteiger partial charge in [0.2, 0.25) is 0 Å². The zero-order valence-electron chi connectivity index (χ0n) is 32.0. The summed E-state index contributed by atoms with van der Waals surface area (Å²) < 4.78 is 41.5. The van der Waals surface area contributed by atoms with Crippen molar-refractivity contribution in [3.63, 3.8) is 0 Å². The normalized spacial score (nSPS) is 12.3. The Morgan fingerprint density at radius 1 is 0.277 bits per heavy atom. The van der Waals surface area contributed by atoms with E-state index in [0.29, 0.717) is 11.5 Å². The molecule has 0 saturated heterocycles. The first-order valence-electron chi connectivity index (χ1n) is 20.7. The monoisotopic (exact) mass is 754 g/mol. The van der Waals surface area contributed by atoms with Crippen LogP contribution in [-0.4, -0.2) is 29.0 Å². The Kier molecular flexibility index (Phi) is 54.4. The summed E-state index contributed by atoms with van der Waals surface area (Å²) in [6.07, 6.45) is 48.4. The molecular weight excluding hydrogens is 674 g/mol. The SMILES string of the molecule is CCCCCCCCCCCCCCCCCCCCS(=O)[O-].CCCCCCCCCCCCCCCCCCCCS(=O)[O-].[Zn+2]. The molecule has 0 fully saturated rings. The molecule has 2 atom stereocenters. The molecule has 2 unspecified atom stereocenters. The molecule has 47 heavy (non-hydrogen) atoms. The fraction of sp³-hybridized carbons (Fsp3) is 1.00. The third kappa shape index (κ3) is 56.5. The predicted octanol–water partition coefficient (Wildman–Crippen LogP) is 13.8. The van der Waals surface area contributed by atoms with Gasteiger partial charge in [0.05, 0.1) is 0 Å². The summed E-state index contributed by atoms with van der Waals surface area (Å²) in [5, 5.41) is 0. The van der Waals surface area contributed by atoms with Crippen LogP contribution in [0.3, 0.4) is 0 Å². The van der Waals surface area contributed by atoms with E-state index in [9.17, 15) is 17.5 Å². The molecule has 0 aromatic carbocycles. The second-order valence-electron chi connectivity index (χ2n) is 14.0. The van der Waals surface area contributed by atoms with Gasteiger partial charge in [0.15, 0.2) is 0 Å². The van der Waals surface area contributed by atoms with Crippen molar-refractivity contribution in [1.82, 2.24) is 0 Å². The number of hydrogen-bond acceptors (Lipinski definition) is 4. The molecule has 0 saturated carbocycles. The maximum absolute atomic E-state index is 10.4. The Bertz CT molecular complexity index is 545. The zero-order valence-corrected chi connectivity index (χ0v) is 36.6. The molecule has 0 amide bonds. The maximum atomic E-state index is 10.4. The average Bonchev–Trinajstić information content (AvgIpc) is 3.03. The molecular formula is C40H82O4S2Zn. The van der Waals surface area contributed by atoms with E-state index in [0.717, 1.165) is 25.7 Å². The van der Waals surface area contributed by atoms with Gasteiger partial charge in [-0.05, 0) is 12.8 Å². The maximum Gasteiger partial charge on any atom is 2.00 e. The molecule has 4 nitrogen and oxygen atoms in total. The van der Waals surface area contributed by atoms with Crippen LogP contribution in [-0.2, 0) is 41.6 Å². The largest absolute Gasteiger partial charge is 2.00 e. The summed E-state index contributed by atoms with van der Waals surface area (Å²) in [7, 11) is 0. The van der Waals surface area contributed by atoms with E-state index < -0.39 is 22.2 Å². The molecule has 7 heteroatoms. The number of rotatable bonds is 38. The molecule has 0 aliphatic heterocycles. The molecule has 0 spiro atoms. The molecule has 0 rings (SSSR count). The summed E-state index contributed by atoms with van der Waals surface area (Å²) in [6.45, 7) is 4.56. The van der Waals surface area contributed by atoms with Gasteiger partial charge in [-0.3, -0.25) is 8.42 Å². The van der Waals surface area contributed by atoms with E-state index >= 15 is 0 Å². The first-order chi connectivity index (χ1) is 22.5. The minimum atomic E-state index is -1.83. The minimum absolute atomic E-state index is 0. The van der Waals surface area contributed by atoms with Crippen molar-refractivity contribution in [3.8, 4) is 0 Å². The van der Waals surface area contributed by atoms with Gasteiger partial charge in [-0.25, -0.2) is 0 Å². The number of unbranched alkanes of at least 4 members (excludes halogenated alkanes) is 34. The summed E-state index contributed by atoms with van der Waals surface area (Å²) in [5.41, 5.74) is 0. The zero-order chi connectivity index (χ0) is 34.0. The Hall–Kier alpha value is 0.843. The Morgan fingerprint density at radius 3 is 0.532 bits per heavy atom. The first-order valence-corrected chi connectivity index (χ1v) is 23.1. The molecule has 0 radical (unpaired) electrons. The standard InChI is InChI=1S/2C20H42O2S.Zn/c2*1-2-3-4-5-6-7-8-9-10-11-12-13-14-15-16-17-18-19-20-23(21)22;/h2*2-20H2,1H3,(H,21,22);/q;;+2/p-2. The average molecular weight is 757 g/mol. The Morgan fingerprint density at radius 2 is 0.404 bits per heavy atom. The van der Waals surface area contributed by atoms with Crippen LogP contribution in [0.25, 0.3) is 0 Å². The molecule has 0 heterocycles. The van der Waals surface area contributed by atoms with Gasteiger partial charge in [-0.2, -0.15) is 0 Å². The second kappa shape index (κ2) is 49.0. The first kappa shape index (κ1) is 52.2. The molecule has 0 aromatic rings. The van der Waals surface area contributed by atoms with E-state index in [4.69, 9.17) is 0 Å². The fourth-order valence-corrected chi connectivity index (χ4v) is 7.12. The summed E-state index contributed by atoms with van der Waals surface area (Å²) >= 11 is -3.67. The van der Waals surface area contributed by atoms with Crippen LogP contribution in [0.2, 0.25) is 0 Å². The van der Waals surface area contributed by atoms with Crippen molar-refractivity contribution in [2.24, 2.45) is 0 Å². The molecule has 0 N–H and O–H groups in total. The Labute approximate surface area is 314 Å². The molecule has 280 valence electrons. The van der Waals surface area contributed by atoms with Crippen LogP contribution < -0.4 is 0 Å². The van der Waals surface area contributed by atoms with E-state index in [1.807, 2.05) is 0 Å². The van der Waals surface area contributed by atoms with Crippen molar-refractivity contribution < 1.29 is 37.0 Å². The van der Waals surface area contributed by atoms with Crippen molar-refractivity contribution in [1.29, 1.82) is 0 Å². The summed E-state index contributed by atoms with van der Waals surface area (Å²) in [6, 6.07) is 0. The van der Waals surface area contributed by atoms with Crippen LogP contribution in [0.5, 0.6) is 0 Å². The van der Waals surface area contributed by atoms with E-state index in [-0.39, 0.29) is 19.5 Å². The van der Waals surface area contributed by atoms with Crippen molar-refractivity contribution >= 4 is 22.2 Å². The van der Waals surface area contributed by atoms with E-state index in [1.54, 1.807) is 0 Å². The van der Waals surface area contributed by atoms with Crippen LogP contribution in [0.1, 0.15) is 245 Å². The predicted molar refractivity (Wildman–Crippen MR) is 205 cm³/mol. The molecule has 0 aliphatic carbocycles. The van der Waals surface area contributed by atoms with Crippen molar-refractivity contribution in [2.45, 2.75) is 245 Å². The third-order valence-corrected chi connectivity index (χ3v) is 10.6. The van der Waals surface area contributed by atoms with Crippen LogP contribution in [0, 0.1) is 0 Å². The van der Waals surface area contributed by atoms with Gasteiger partial charge < -0.3 is 9.11 Å². The number of hydrogen-bond donors (Lipinski definition) is 0. The summed E-state index contributed by atoms with van der Waals surface area (Å²) in [4.78, 5) is 0. The topological polar surface area (TPSA) is 80.3 Å². The molecule has 0 bridgehead atoms. The Balaban J connectivity index is -0.000000807. The molecule has 0 aliphatic rings. The smallest absolute Gasteiger partial charge is 0.772 e. The second-order valence-corrected chi connectivity index (χ2v) is 16.1. The quantitative estimate of drug-likeness (QED) is 0.0357. The van der Waals surface area contributed by atoms with Gasteiger partial charge in [0, 0.05) is 11.5 Å². The van der Waals surface area contributed by atoms with Gasteiger partial charge in [0.1, 0.15) is 0 Å². The third-order valence-electron chi connectivity index (χ3n) is 9.33. The van der Waals surface area contributed by atoms with Gasteiger partial charge in [-0.1, -0.05) is 254 Å². The molecule has 0 aromatic heterocycles. The fourth-order valence-electron chi connectivity index (χ4n) is 6.24. The van der Waals surface area contributed by atoms with Gasteiger partial charge in [0.25, 0.3) is 0 Å². The van der Waals surface area contributed by atoms with Gasteiger partial charge in [-0.15, -0.1) is 0 Å². The van der Waals surface area contributed by atoms with Crippen LogP contribution in [0.4, 0.5) is 0 Å². The summed E-state index contributed by atoms with van der Waals surface area (Å²) in [5.74, 6) is 0.692. The van der Waals surface area contributed by atoms with Gasteiger partial charge >= 0.3 is 19.5 Å².